The lowest BCUT2D eigenvalue weighted by Gasteiger charge is -2.09. The zero-order chi connectivity index (χ0) is 17.5. The first-order valence-electron chi connectivity index (χ1n) is 7.47. The minimum atomic E-state index is -0.143. The molecule has 0 fully saturated rings. The van der Waals surface area contributed by atoms with Gasteiger partial charge in [-0.3, -0.25) is 4.79 Å². The Morgan fingerprint density at radius 3 is 2.58 bits per heavy atom. The highest BCUT2D eigenvalue weighted by atomic mass is 35.5. The van der Waals surface area contributed by atoms with Crippen LogP contribution in [0.5, 0.6) is 5.75 Å². The molecule has 0 amide bonds. The Morgan fingerprint density at radius 1 is 1.12 bits per heavy atom. The first kappa shape index (κ1) is 18.5. The van der Waals surface area contributed by atoms with Crippen molar-refractivity contribution in [3.05, 3.63) is 69.2 Å². The molecule has 3 nitrogen and oxygen atoms in total. The van der Waals surface area contributed by atoms with E-state index in [0.29, 0.717) is 28.8 Å². The molecular formula is C19H18Cl2O3. The van der Waals surface area contributed by atoms with Crippen molar-refractivity contribution in [2.24, 2.45) is 0 Å². The molecule has 0 aromatic heterocycles. The highest BCUT2D eigenvalue weighted by Crippen LogP contribution is 2.24. The van der Waals surface area contributed by atoms with Crippen LogP contribution in [0.3, 0.4) is 0 Å². The van der Waals surface area contributed by atoms with Crippen LogP contribution in [0.1, 0.15) is 28.4 Å². The van der Waals surface area contributed by atoms with Gasteiger partial charge in [0.15, 0.2) is 5.78 Å². The molecule has 126 valence electrons. The molecule has 0 spiro atoms. The van der Waals surface area contributed by atoms with E-state index >= 15 is 0 Å². The summed E-state index contributed by atoms with van der Waals surface area (Å²) in [4.78, 5) is 12.2. The predicted molar refractivity (Wildman–Crippen MR) is 98.2 cm³/mol. The molecule has 0 N–H and O–H groups in total. The van der Waals surface area contributed by atoms with Crippen molar-refractivity contribution >= 4 is 35.1 Å². The molecule has 0 aliphatic rings. The second-order valence-electron chi connectivity index (χ2n) is 5.03. The number of ether oxygens (including phenoxy) is 2. The highest BCUT2D eigenvalue weighted by Gasteiger charge is 2.06. The van der Waals surface area contributed by atoms with Crippen LogP contribution in [0.4, 0.5) is 0 Å². The van der Waals surface area contributed by atoms with Gasteiger partial charge in [0.1, 0.15) is 5.75 Å². The summed E-state index contributed by atoms with van der Waals surface area (Å²) >= 11 is 11.8. The number of ketones is 1. The van der Waals surface area contributed by atoms with Crippen molar-refractivity contribution in [1.82, 2.24) is 0 Å². The van der Waals surface area contributed by atoms with Gasteiger partial charge in [0.05, 0.1) is 23.8 Å². The van der Waals surface area contributed by atoms with E-state index in [1.807, 2.05) is 25.1 Å². The van der Waals surface area contributed by atoms with Crippen LogP contribution in [0.15, 0.2) is 42.5 Å². The van der Waals surface area contributed by atoms with E-state index in [-0.39, 0.29) is 5.78 Å². The lowest BCUT2D eigenvalue weighted by molar-refractivity contribution is 0.104. The van der Waals surface area contributed by atoms with Crippen LogP contribution in [0.25, 0.3) is 6.08 Å². The van der Waals surface area contributed by atoms with Crippen molar-refractivity contribution in [1.29, 1.82) is 0 Å². The third kappa shape index (κ3) is 4.84. The van der Waals surface area contributed by atoms with Crippen LogP contribution in [-0.2, 0) is 11.3 Å². The van der Waals surface area contributed by atoms with Crippen LogP contribution in [-0.4, -0.2) is 19.5 Å². The Kier molecular flexibility index (Phi) is 6.85. The number of hydrogen-bond donors (Lipinski definition) is 0. The van der Waals surface area contributed by atoms with Crippen molar-refractivity contribution in [2.45, 2.75) is 13.5 Å². The van der Waals surface area contributed by atoms with Crippen LogP contribution >= 0.6 is 23.2 Å². The van der Waals surface area contributed by atoms with E-state index in [4.69, 9.17) is 32.7 Å². The third-order valence-electron chi connectivity index (χ3n) is 3.40. The third-order valence-corrected chi connectivity index (χ3v) is 4.14. The summed E-state index contributed by atoms with van der Waals surface area (Å²) in [5.74, 6) is 0.618. The molecule has 0 unspecified atom stereocenters. The molecule has 2 aromatic rings. The summed E-state index contributed by atoms with van der Waals surface area (Å²) < 4.78 is 10.8. The van der Waals surface area contributed by atoms with Crippen molar-refractivity contribution in [3.63, 3.8) is 0 Å². The van der Waals surface area contributed by atoms with Gasteiger partial charge >= 0.3 is 0 Å². The highest BCUT2D eigenvalue weighted by molar-refractivity contribution is 6.42. The number of methoxy groups -OCH3 is 1. The Labute approximate surface area is 151 Å². The zero-order valence-corrected chi connectivity index (χ0v) is 15.0. The lowest BCUT2D eigenvalue weighted by Crippen LogP contribution is -1.97. The van der Waals surface area contributed by atoms with Gasteiger partial charge in [-0.25, -0.2) is 0 Å². The molecule has 2 aromatic carbocycles. The topological polar surface area (TPSA) is 35.5 Å². The van der Waals surface area contributed by atoms with Gasteiger partial charge in [-0.05, 0) is 48.9 Å². The van der Waals surface area contributed by atoms with Gasteiger partial charge in [0, 0.05) is 17.7 Å². The summed E-state index contributed by atoms with van der Waals surface area (Å²) in [7, 11) is 1.62. The van der Waals surface area contributed by atoms with Crippen LogP contribution in [0, 0.1) is 0 Å². The maximum Gasteiger partial charge on any atom is 0.185 e. The average Bonchev–Trinajstić information content (AvgIpc) is 2.60. The first-order chi connectivity index (χ1) is 11.5. The summed E-state index contributed by atoms with van der Waals surface area (Å²) in [6, 6.07) is 10.5. The minimum Gasteiger partial charge on any atom is -0.496 e. The zero-order valence-electron chi connectivity index (χ0n) is 13.5. The Hall–Kier alpha value is -1.81. The first-order valence-corrected chi connectivity index (χ1v) is 8.23. The van der Waals surface area contributed by atoms with E-state index < -0.39 is 0 Å². The fourth-order valence-corrected chi connectivity index (χ4v) is 2.44. The standard InChI is InChI=1S/C19H18Cl2O3/c1-3-24-12-15-10-13(5-9-19(15)23-2)4-8-18(22)14-6-7-16(20)17(21)11-14/h4-11H,3,12H2,1-2H3/b8-4+. The molecular weight excluding hydrogens is 347 g/mol. The summed E-state index contributed by atoms with van der Waals surface area (Å²) in [6.07, 6.45) is 3.26. The number of hydrogen-bond acceptors (Lipinski definition) is 3. The molecule has 0 heterocycles. The van der Waals surface area contributed by atoms with Gasteiger partial charge < -0.3 is 9.47 Å². The lowest BCUT2D eigenvalue weighted by atomic mass is 10.1. The largest absolute Gasteiger partial charge is 0.496 e. The molecule has 0 atom stereocenters. The molecule has 0 aliphatic carbocycles. The number of rotatable bonds is 7. The van der Waals surface area contributed by atoms with E-state index in [9.17, 15) is 4.79 Å². The molecule has 0 saturated heterocycles. The molecule has 0 bridgehead atoms. The maximum atomic E-state index is 12.2. The number of halogens is 2. The summed E-state index contributed by atoms with van der Waals surface area (Å²) in [5.41, 5.74) is 2.31. The van der Waals surface area contributed by atoms with Gasteiger partial charge in [0.25, 0.3) is 0 Å². The fraction of sp³-hybridized carbons (Fsp3) is 0.211. The van der Waals surface area contributed by atoms with Crippen molar-refractivity contribution in [2.75, 3.05) is 13.7 Å². The number of benzene rings is 2. The second-order valence-corrected chi connectivity index (χ2v) is 5.85. The van der Waals surface area contributed by atoms with Gasteiger partial charge in [-0.2, -0.15) is 0 Å². The number of carbonyl (C=O) groups excluding carboxylic acids is 1. The van der Waals surface area contributed by atoms with Gasteiger partial charge in [-0.1, -0.05) is 35.3 Å². The summed E-state index contributed by atoms with van der Waals surface area (Å²) in [5, 5.41) is 0.785. The van der Waals surface area contributed by atoms with Crippen molar-refractivity contribution < 1.29 is 14.3 Å². The quantitative estimate of drug-likeness (QED) is 0.485. The predicted octanol–water partition coefficient (Wildman–Crippen LogP) is 5.43. The Bertz CT molecular complexity index is 754. The maximum absolute atomic E-state index is 12.2. The number of carbonyl (C=O) groups is 1. The van der Waals surface area contributed by atoms with Gasteiger partial charge in [0.2, 0.25) is 0 Å². The molecule has 0 saturated carbocycles. The van der Waals surface area contributed by atoms with Crippen molar-refractivity contribution in [3.8, 4) is 5.75 Å². The van der Waals surface area contributed by atoms with E-state index in [1.54, 1.807) is 31.4 Å². The van der Waals surface area contributed by atoms with Crippen LogP contribution in [0.2, 0.25) is 10.0 Å². The molecule has 24 heavy (non-hydrogen) atoms. The van der Waals surface area contributed by atoms with E-state index in [0.717, 1.165) is 16.9 Å². The number of allylic oxidation sites excluding steroid dienone is 1. The second kappa shape index (κ2) is 8.88. The molecule has 5 heteroatoms. The van der Waals surface area contributed by atoms with Crippen LogP contribution < -0.4 is 4.74 Å². The molecule has 2 rings (SSSR count). The smallest absolute Gasteiger partial charge is 0.185 e. The Balaban J connectivity index is 2.18. The minimum absolute atomic E-state index is 0.143. The summed E-state index contributed by atoms with van der Waals surface area (Å²) in [6.45, 7) is 3.02. The normalized spacial score (nSPS) is 11.0. The van der Waals surface area contributed by atoms with E-state index in [2.05, 4.69) is 0 Å². The van der Waals surface area contributed by atoms with E-state index in [1.165, 1.54) is 6.08 Å². The van der Waals surface area contributed by atoms with Gasteiger partial charge in [-0.15, -0.1) is 0 Å². The monoisotopic (exact) mass is 364 g/mol. The fourth-order valence-electron chi connectivity index (χ4n) is 2.14. The SMILES string of the molecule is CCOCc1cc(/C=C/C(=O)c2ccc(Cl)c(Cl)c2)ccc1OC. The molecule has 0 radical (unpaired) electrons. The Morgan fingerprint density at radius 2 is 1.92 bits per heavy atom. The average molecular weight is 365 g/mol. The molecule has 0 aliphatic heterocycles.